The minimum atomic E-state index is 0.210. The molecule has 88 valence electrons. The van der Waals surface area contributed by atoms with Gasteiger partial charge in [0.2, 0.25) is 0 Å². The predicted octanol–water partition coefficient (Wildman–Crippen LogP) is 1.91. The zero-order chi connectivity index (χ0) is 11.4. The smallest absolute Gasteiger partial charge is 0.115 e. The van der Waals surface area contributed by atoms with Crippen LogP contribution in [0.1, 0.15) is 30.9 Å². The molecule has 0 radical (unpaired) electrons. The molecule has 0 aromatic heterocycles. The molecule has 1 unspecified atom stereocenters. The molecule has 1 atom stereocenters. The summed E-state index contributed by atoms with van der Waals surface area (Å²) >= 11 is 0. The quantitative estimate of drug-likeness (QED) is 0.816. The highest BCUT2D eigenvalue weighted by molar-refractivity contribution is 5.28. The summed E-state index contributed by atoms with van der Waals surface area (Å²) in [5, 5.41) is 18.4. The number of phenolic OH excluding ortho intramolecular Hbond substituents is 1. The second-order valence-corrected chi connectivity index (χ2v) is 4.36. The molecule has 1 aromatic carbocycles. The molecule has 1 heterocycles. The van der Waals surface area contributed by atoms with Gasteiger partial charge in [-0.1, -0.05) is 12.1 Å². The van der Waals surface area contributed by atoms with Gasteiger partial charge in [-0.25, -0.2) is 0 Å². The molecule has 1 aromatic rings. The first kappa shape index (κ1) is 11.4. The number of rotatable bonds is 4. The number of aliphatic hydroxyl groups is 1. The van der Waals surface area contributed by atoms with E-state index < -0.39 is 0 Å². The summed E-state index contributed by atoms with van der Waals surface area (Å²) in [5.74, 6) is 0.299. The molecular weight excluding hydrogens is 202 g/mol. The predicted molar refractivity (Wildman–Crippen MR) is 63.4 cm³/mol. The van der Waals surface area contributed by atoms with Crippen LogP contribution in [0.4, 0.5) is 0 Å². The van der Waals surface area contributed by atoms with Gasteiger partial charge in [0.25, 0.3) is 0 Å². The molecule has 2 N–H and O–H groups in total. The molecule has 1 aliphatic rings. The monoisotopic (exact) mass is 221 g/mol. The van der Waals surface area contributed by atoms with Crippen molar-refractivity contribution in [2.45, 2.75) is 25.3 Å². The maximum atomic E-state index is 9.27. The molecule has 3 heteroatoms. The standard InChI is InChI=1S/C13H19NO2/c15-10-7-13(14-8-1-2-9-14)11-3-5-12(16)6-4-11/h3-6,13,15-16H,1-2,7-10H2. The van der Waals surface area contributed by atoms with Gasteiger partial charge in [0, 0.05) is 12.6 Å². The lowest BCUT2D eigenvalue weighted by Gasteiger charge is -2.27. The lowest BCUT2D eigenvalue weighted by molar-refractivity contribution is 0.185. The minimum Gasteiger partial charge on any atom is -0.508 e. The number of benzene rings is 1. The number of aromatic hydroxyl groups is 1. The van der Waals surface area contributed by atoms with Crippen LogP contribution in [-0.4, -0.2) is 34.8 Å². The van der Waals surface area contributed by atoms with E-state index >= 15 is 0 Å². The van der Waals surface area contributed by atoms with Gasteiger partial charge in [-0.2, -0.15) is 0 Å². The van der Waals surface area contributed by atoms with E-state index in [4.69, 9.17) is 5.11 Å². The molecule has 2 rings (SSSR count). The second kappa shape index (κ2) is 5.32. The summed E-state index contributed by atoms with van der Waals surface area (Å²) in [6.07, 6.45) is 3.27. The fraction of sp³-hybridized carbons (Fsp3) is 0.538. The molecule has 0 amide bonds. The van der Waals surface area contributed by atoms with Crippen LogP contribution in [0.15, 0.2) is 24.3 Å². The Morgan fingerprint density at radius 2 is 1.75 bits per heavy atom. The van der Waals surface area contributed by atoms with E-state index in [0.29, 0.717) is 11.8 Å². The van der Waals surface area contributed by atoms with Crippen molar-refractivity contribution in [1.29, 1.82) is 0 Å². The van der Waals surface area contributed by atoms with Crippen molar-refractivity contribution in [3.05, 3.63) is 29.8 Å². The Morgan fingerprint density at radius 3 is 2.31 bits per heavy atom. The highest BCUT2D eigenvalue weighted by atomic mass is 16.3. The second-order valence-electron chi connectivity index (χ2n) is 4.36. The van der Waals surface area contributed by atoms with Gasteiger partial charge in [0.05, 0.1) is 0 Å². The maximum absolute atomic E-state index is 9.27. The van der Waals surface area contributed by atoms with Crippen LogP contribution in [0, 0.1) is 0 Å². The van der Waals surface area contributed by atoms with Crippen molar-refractivity contribution in [2.24, 2.45) is 0 Å². The molecule has 1 saturated heterocycles. The molecule has 16 heavy (non-hydrogen) atoms. The zero-order valence-electron chi connectivity index (χ0n) is 9.47. The highest BCUT2D eigenvalue weighted by Gasteiger charge is 2.22. The number of likely N-dealkylation sites (tertiary alicyclic amines) is 1. The van der Waals surface area contributed by atoms with Gasteiger partial charge in [0.1, 0.15) is 5.75 Å². The van der Waals surface area contributed by atoms with E-state index in [1.54, 1.807) is 12.1 Å². The number of hydrogen-bond acceptors (Lipinski definition) is 3. The molecule has 3 nitrogen and oxygen atoms in total. The van der Waals surface area contributed by atoms with Gasteiger partial charge < -0.3 is 10.2 Å². The van der Waals surface area contributed by atoms with Crippen LogP contribution in [0.2, 0.25) is 0 Å². The van der Waals surface area contributed by atoms with Gasteiger partial charge in [-0.3, -0.25) is 4.90 Å². The summed E-state index contributed by atoms with van der Waals surface area (Å²) in [6, 6.07) is 7.64. The molecule has 0 spiro atoms. The molecule has 0 bridgehead atoms. The van der Waals surface area contributed by atoms with Crippen LogP contribution in [0.25, 0.3) is 0 Å². The Labute approximate surface area is 96.3 Å². The third-order valence-corrected chi connectivity index (χ3v) is 3.26. The fourth-order valence-corrected chi connectivity index (χ4v) is 2.43. The lowest BCUT2D eigenvalue weighted by Crippen LogP contribution is -2.26. The van der Waals surface area contributed by atoms with Gasteiger partial charge >= 0.3 is 0 Å². The Hall–Kier alpha value is -1.06. The maximum Gasteiger partial charge on any atom is 0.115 e. The Kier molecular flexibility index (Phi) is 3.80. The third-order valence-electron chi connectivity index (χ3n) is 3.26. The van der Waals surface area contributed by atoms with Crippen molar-refractivity contribution >= 4 is 0 Å². The first-order valence-corrected chi connectivity index (χ1v) is 5.95. The number of aliphatic hydroxyl groups excluding tert-OH is 1. The summed E-state index contributed by atoms with van der Waals surface area (Å²) in [6.45, 7) is 2.44. The Morgan fingerprint density at radius 1 is 1.12 bits per heavy atom. The lowest BCUT2D eigenvalue weighted by atomic mass is 10.0. The topological polar surface area (TPSA) is 43.7 Å². The highest BCUT2D eigenvalue weighted by Crippen LogP contribution is 2.28. The molecule has 0 aliphatic carbocycles. The number of hydrogen-bond donors (Lipinski definition) is 2. The first-order valence-electron chi connectivity index (χ1n) is 5.95. The molecule has 1 aliphatic heterocycles. The van der Waals surface area contributed by atoms with Gasteiger partial charge in [-0.15, -0.1) is 0 Å². The minimum absolute atomic E-state index is 0.210. The number of nitrogens with zero attached hydrogens (tertiary/aromatic N) is 1. The Balaban J connectivity index is 2.14. The van der Waals surface area contributed by atoms with Crippen LogP contribution < -0.4 is 0 Å². The van der Waals surface area contributed by atoms with Gasteiger partial charge in [-0.05, 0) is 50.0 Å². The SMILES string of the molecule is OCCC(c1ccc(O)cc1)N1CCCC1. The van der Waals surface area contributed by atoms with Crippen LogP contribution in [-0.2, 0) is 0 Å². The van der Waals surface area contributed by atoms with E-state index in [-0.39, 0.29) is 6.61 Å². The molecule has 1 fully saturated rings. The third kappa shape index (κ3) is 2.54. The van der Waals surface area contributed by atoms with Crippen LogP contribution >= 0.6 is 0 Å². The average molecular weight is 221 g/mol. The summed E-state index contributed by atoms with van der Waals surface area (Å²) in [4.78, 5) is 2.42. The van der Waals surface area contributed by atoms with E-state index in [0.717, 1.165) is 19.5 Å². The van der Waals surface area contributed by atoms with E-state index in [2.05, 4.69) is 4.90 Å². The first-order chi connectivity index (χ1) is 7.81. The summed E-state index contributed by atoms with van der Waals surface area (Å²) in [5.41, 5.74) is 1.19. The van der Waals surface area contributed by atoms with E-state index in [1.165, 1.54) is 18.4 Å². The summed E-state index contributed by atoms with van der Waals surface area (Å²) < 4.78 is 0. The van der Waals surface area contributed by atoms with Gasteiger partial charge in [0.15, 0.2) is 0 Å². The van der Waals surface area contributed by atoms with Crippen molar-refractivity contribution < 1.29 is 10.2 Å². The largest absolute Gasteiger partial charge is 0.508 e. The van der Waals surface area contributed by atoms with Crippen molar-refractivity contribution in [3.8, 4) is 5.75 Å². The van der Waals surface area contributed by atoms with Crippen molar-refractivity contribution in [3.63, 3.8) is 0 Å². The number of phenols is 1. The van der Waals surface area contributed by atoms with Crippen molar-refractivity contribution in [2.75, 3.05) is 19.7 Å². The Bertz CT molecular complexity index is 317. The zero-order valence-corrected chi connectivity index (χ0v) is 9.47. The van der Waals surface area contributed by atoms with E-state index in [1.807, 2.05) is 12.1 Å². The normalized spacial score (nSPS) is 18.8. The van der Waals surface area contributed by atoms with Crippen LogP contribution in [0.3, 0.4) is 0 Å². The average Bonchev–Trinajstić information content (AvgIpc) is 2.81. The van der Waals surface area contributed by atoms with E-state index in [9.17, 15) is 5.11 Å². The fourth-order valence-electron chi connectivity index (χ4n) is 2.43. The van der Waals surface area contributed by atoms with Crippen molar-refractivity contribution in [1.82, 2.24) is 4.90 Å². The molecule has 0 saturated carbocycles. The summed E-state index contributed by atoms with van der Waals surface area (Å²) in [7, 11) is 0. The molecular formula is C13H19NO2. The van der Waals surface area contributed by atoms with Crippen LogP contribution in [0.5, 0.6) is 5.75 Å².